The van der Waals surface area contributed by atoms with Gasteiger partial charge >= 0.3 is 0 Å². The van der Waals surface area contributed by atoms with Crippen LogP contribution in [-0.2, 0) is 11.2 Å². The first-order valence-corrected chi connectivity index (χ1v) is 7.24. The predicted molar refractivity (Wildman–Crippen MR) is 73.1 cm³/mol. The molecule has 0 bridgehead atoms. The van der Waals surface area contributed by atoms with Gasteiger partial charge in [0, 0.05) is 17.9 Å². The van der Waals surface area contributed by atoms with E-state index in [4.69, 9.17) is 0 Å². The maximum atomic E-state index is 13.1. The van der Waals surface area contributed by atoms with Crippen molar-refractivity contribution in [1.82, 2.24) is 4.90 Å². The number of halogens is 3. The van der Waals surface area contributed by atoms with E-state index in [9.17, 15) is 13.6 Å². The largest absolute Gasteiger partial charge is 0.342 e. The van der Waals surface area contributed by atoms with Crippen molar-refractivity contribution in [3.63, 3.8) is 0 Å². The molecule has 2 unspecified atom stereocenters. The Bertz CT molecular complexity index is 481. The molecular formula is C14H16BrF2NO. The minimum Gasteiger partial charge on any atom is -0.342 e. The third-order valence-electron chi connectivity index (χ3n) is 3.49. The Kier molecular flexibility index (Phi) is 4.55. The molecule has 1 amide bonds. The minimum absolute atomic E-state index is 0.0303. The third-order valence-corrected chi connectivity index (χ3v) is 4.85. The van der Waals surface area contributed by atoms with Crippen LogP contribution in [0.4, 0.5) is 8.78 Å². The zero-order valence-electron chi connectivity index (χ0n) is 10.7. The molecule has 1 saturated heterocycles. The van der Waals surface area contributed by atoms with Crippen molar-refractivity contribution in [3.8, 4) is 0 Å². The fraction of sp³-hybridized carbons (Fsp3) is 0.500. The van der Waals surface area contributed by atoms with E-state index in [0.717, 1.165) is 18.6 Å². The Morgan fingerprint density at radius 1 is 1.42 bits per heavy atom. The summed E-state index contributed by atoms with van der Waals surface area (Å²) in [7, 11) is 0. The maximum Gasteiger partial charge on any atom is 0.227 e. The molecule has 1 fully saturated rings. The summed E-state index contributed by atoms with van der Waals surface area (Å²) in [6.45, 7) is 3.51. The van der Waals surface area contributed by atoms with Gasteiger partial charge in [0.15, 0.2) is 11.6 Å². The number of carbonyl (C=O) groups is 1. The highest BCUT2D eigenvalue weighted by Gasteiger charge is 2.26. The number of amides is 1. The minimum atomic E-state index is -0.905. The summed E-state index contributed by atoms with van der Waals surface area (Å²) in [5.74, 6) is -1.41. The number of hydrogen-bond acceptors (Lipinski definition) is 1. The predicted octanol–water partition coefficient (Wildman–Crippen LogP) is 3.14. The number of piperidine rings is 1. The van der Waals surface area contributed by atoms with E-state index in [0.29, 0.717) is 29.4 Å². The van der Waals surface area contributed by atoms with Crippen LogP contribution in [0.1, 0.15) is 18.9 Å². The molecule has 0 N–H and O–H groups in total. The van der Waals surface area contributed by atoms with E-state index in [1.54, 1.807) is 4.90 Å². The van der Waals surface area contributed by atoms with Gasteiger partial charge in [-0.05, 0) is 30.0 Å². The van der Waals surface area contributed by atoms with Gasteiger partial charge < -0.3 is 4.90 Å². The van der Waals surface area contributed by atoms with E-state index < -0.39 is 11.6 Å². The van der Waals surface area contributed by atoms with Gasteiger partial charge in [-0.15, -0.1) is 0 Å². The highest BCUT2D eigenvalue weighted by molar-refractivity contribution is 9.09. The smallest absolute Gasteiger partial charge is 0.227 e. The van der Waals surface area contributed by atoms with E-state index in [1.165, 1.54) is 6.07 Å². The fourth-order valence-electron chi connectivity index (χ4n) is 2.28. The SMILES string of the molecule is CC1CN(C(=O)Cc2ccc(F)c(F)c2)CCC1Br. The zero-order valence-corrected chi connectivity index (χ0v) is 12.3. The van der Waals surface area contributed by atoms with Gasteiger partial charge in [-0.3, -0.25) is 4.79 Å². The van der Waals surface area contributed by atoms with Crippen molar-refractivity contribution in [2.45, 2.75) is 24.6 Å². The molecule has 2 rings (SSSR count). The lowest BCUT2D eigenvalue weighted by Crippen LogP contribution is -2.43. The van der Waals surface area contributed by atoms with Crippen LogP contribution in [-0.4, -0.2) is 28.7 Å². The maximum absolute atomic E-state index is 13.1. The number of benzene rings is 1. The Balaban J connectivity index is 1.99. The van der Waals surface area contributed by atoms with Crippen molar-refractivity contribution >= 4 is 21.8 Å². The Labute approximate surface area is 119 Å². The first kappa shape index (κ1) is 14.4. The van der Waals surface area contributed by atoms with E-state index >= 15 is 0 Å². The summed E-state index contributed by atoms with van der Waals surface area (Å²) < 4.78 is 25.9. The van der Waals surface area contributed by atoms with Gasteiger partial charge in [-0.2, -0.15) is 0 Å². The van der Waals surface area contributed by atoms with Crippen molar-refractivity contribution in [2.24, 2.45) is 5.92 Å². The molecule has 0 saturated carbocycles. The molecule has 0 aliphatic carbocycles. The molecule has 1 aliphatic heterocycles. The van der Waals surface area contributed by atoms with E-state index in [1.807, 2.05) is 0 Å². The first-order valence-electron chi connectivity index (χ1n) is 6.33. The van der Waals surface area contributed by atoms with Crippen LogP contribution in [0.25, 0.3) is 0 Å². The molecule has 1 aromatic rings. The number of alkyl halides is 1. The van der Waals surface area contributed by atoms with Crippen LogP contribution < -0.4 is 0 Å². The number of hydrogen-bond donors (Lipinski definition) is 0. The normalized spacial score (nSPS) is 23.5. The van der Waals surface area contributed by atoms with Gasteiger partial charge in [0.25, 0.3) is 0 Å². The van der Waals surface area contributed by atoms with Crippen LogP contribution >= 0.6 is 15.9 Å². The molecule has 1 aromatic carbocycles. The second kappa shape index (κ2) is 5.99. The molecule has 2 nitrogen and oxygen atoms in total. The molecule has 1 heterocycles. The average molecular weight is 332 g/mol. The van der Waals surface area contributed by atoms with Crippen LogP contribution in [0, 0.1) is 17.6 Å². The van der Waals surface area contributed by atoms with Crippen LogP contribution in [0.2, 0.25) is 0 Å². The summed E-state index contributed by atoms with van der Waals surface area (Å²) in [4.78, 5) is 14.3. The summed E-state index contributed by atoms with van der Waals surface area (Å²) in [5, 5.41) is 0. The summed E-state index contributed by atoms with van der Waals surface area (Å²) >= 11 is 3.59. The standard InChI is InChI=1S/C14H16BrF2NO/c1-9-8-18(5-4-11(9)15)14(19)7-10-2-3-12(16)13(17)6-10/h2-3,6,9,11H,4-5,7-8H2,1H3. The lowest BCUT2D eigenvalue weighted by atomic mass is 9.99. The average Bonchev–Trinajstić information content (AvgIpc) is 2.37. The van der Waals surface area contributed by atoms with Crippen molar-refractivity contribution < 1.29 is 13.6 Å². The number of likely N-dealkylation sites (tertiary alicyclic amines) is 1. The van der Waals surface area contributed by atoms with Crippen molar-refractivity contribution in [2.75, 3.05) is 13.1 Å². The van der Waals surface area contributed by atoms with Gasteiger partial charge in [-0.1, -0.05) is 28.9 Å². The van der Waals surface area contributed by atoms with E-state index in [-0.39, 0.29) is 12.3 Å². The van der Waals surface area contributed by atoms with Gasteiger partial charge in [-0.25, -0.2) is 8.78 Å². The van der Waals surface area contributed by atoms with E-state index in [2.05, 4.69) is 22.9 Å². The quantitative estimate of drug-likeness (QED) is 0.762. The topological polar surface area (TPSA) is 20.3 Å². The van der Waals surface area contributed by atoms with Crippen molar-refractivity contribution in [1.29, 1.82) is 0 Å². The molecule has 0 radical (unpaired) electrons. The highest BCUT2D eigenvalue weighted by atomic mass is 79.9. The van der Waals surface area contributed by atoms with Gasteiger partial charge in [0.2, 0.25) is 5.91 Å². The Morgan fingerprint density at radius 3 is 2.79 bits per heavy atom. The summed E-state index contributed by atoms with van der Waals surface area (Å²) in [6, 6.07) is 3.61. The molecule has 19 heavy (non-hydrogen) atoms. The Hall–Kier alpha value is -0.970. The number of carbonyl (C=O) groups excluding carboxylic acids is 1. The second-order valence-corrected chi connectivity index (χ2v) is 6.22. The van der Waals surface area contributed by atoms with Crippen LogP contribution in [0.5, 0.6) is 0 Å². The third kappa shape index (κ3) is 3.53. The molecule has 104 valence electrons. The molecule has 5 heteroatoms. The second-order valence-electron chi connectivity index (χ2n) is 5.05. The van der Waals surface area contributed by atoms with Crippen LogP contribution in [0.3, 0.4) is 0 Å². The highest BCUT2D eigenvalue weighted by Crippen LogP contribution is 2.23. The lowest BCUT2D eigenvalue weighted by molar-refractivity contribution is -0.132. The molecule has 2 atom stereocenters. The first-order chi connectivity index (χ1) is 8.97. The monoisotopic (exact) mass is 331 g/mol. The summed E-state index contributed by atoms with van der Waals surface area (Å²) in [6.07, 6.45) is 1.04. The van der Waals surface area contributed by atoms with Crippen molar-refractivity contribution in [3.05, 3.63) is 35.4 Å². The molecular weight excluding hydrogens is 316 g/mol. The van der Waals surface area contributed by atoms with Crippen LogP contribution in [0.15, 0.2) is 18.2 Å². The molecule has 0 spiro atoms. The summed E-state index contributed by atoms with van der Waals surface area (Å²) in [5.41, 5.74) is 0.512. The van der Waals surface area contributed by atoms with Gasteiger partial charge in [0.1, 0.15) is 0 Å². The number of nitrogens with zero attached hydrogens (tertiary/aromatic N) is 1. The van der Waals surface area contributed by atoms with Gasteiger partial charge in [0.05, 0.1) is 6.42 Å². The lowest BCUT2D eigenvalue weighted by Gasteiger charge is -2.34. The fourth-order valence-corrected chi connectivity index (χ4v) is 2.65. The zero-order chi connectivity index (χ0) is 14.0. The molecule has 0 aromatic heterocycles. The molecule has 1 aliphatic rings. The Morgan fingerprint density at radius 2 is 2.16 bits per heavy atom. The number of rotatable bonds is 2.